The van der Waals surface area contributed by atoms with E-state index < -0.39 is 6.04 Å². The van der Waals surface area contributed by atoms with Crippen LogP contribution in [0.25, 0.3) is 0 Å². The van der Waals surface area contributed by atoms with Gasteiger partial charge in [-0.3, -0.25) is 9.59 Å². The molecule has 5 nitrogen and oxygen atoms in total. The number of nitrogens with two attached hydrogens (primary N) is 1. The van der Waals surface area contributed by atoms with Gasteiger partial charge in [0.15, 0.2) is 0 Å². The van der Waals surface area contributed by atoms with Crippen molar-refractivity contribution in [2.75, 3.05) is 19.4 Å². The zero-order chi connectivity index (χ0) is 16.2. The number of anilines is 1. The van der Waals surface area contributed by atoms with Gasteiger partial charge in [-0.1, -0.05) is 31.9 Å². The first kappa shape index (κ1) is 17.5. The summed E-state index contributed by atoms with van der Waals surface area (Å²) in [6.45, 7) is 3.89. The number of amides is 2. The lowest BCUT2D eigenvalue weighted by Gasteiger charge is -2.19. The van der Waals surface area contributed by atoms with Gasteiger partial charge >= 0.3 is 0 Å². The largest absolute Gasteiger partial charge is 0.345 e. The first-order valence-electron chi connectivity index (χ1n) is 6.85. The van der Waals surface area contributed by atoms with Gasteiger partial charge in [0.1, 0.15) is 0 Å². The molecule has 0 radical (unpaired) electrons. The molecule has 0 unspecified atom stereocenters. The van der Waals surface area contributed by atoms with Gasteiger partial charge in [-0.15, -0.1) is 0 Å². The van der Waals surface area contributed by atoms with Crippen LogP contribution in [0.5, 0.6) is 0 Å². The van der Waals surface area contributed by atoms with Crippen molar-refractivity contribution in [3.63, 3.8) is 0 Å². The van der Waals surface area contributed by atoms with E-state index in [0.717, 1.165) is 6.42 Å². The summed E-state index contributed by atoms with van der Waals surface area (Å²) in [7, 11) is 3.32. The number of carbonyl (C=O) groups excluding carboxylic acids is 2. The summed E-state index contributed by atoms with van der Waals surface area (Å²) in [6, 6.07) is 4.16. The van der Waals surface area contributed by atoms with Gasteiger partial charge in [-0.25, -0.2) is 0 Å². The Balaban J connectivity index is 2.95. The Labute approximate surface area is 130 Å². The van der Waals surface area contributed by atoms with Crippen molar-refractivity contribution >= 4 is 29.1 Å². The Morgan fingerprint density at radius 3 is 2.52 bits per heavy atom. The topological polar surface area (TPSA) is 75.4 Å². The first-order valence-corrected chi connectivity index (χ1v) is 7.23. The lowest BCUT2D eigenvalue weighted by atomic mass is 9.99. The fraction of sp³-hybridized carbons (Fsp3) is 0.467. The number of nitrogens with one attached hydrogen (secondary N) is 1. The van der Waals surface area contributed by atoms with E-state index in [1.54, 1.807) is 32.3 Å². The molecule has 0 aliphatic rings. The molecule has 21 heavy (non-hydrogen) atoms. The minimum absolute atomic E-state index is 0.0652. The molecule has 116 valence electrons. The van der Waals surface area contributed by atoms with Crippen molar-refractivity contribution in [3.05, 3.63) is 28.8 Å². The molecule has 1 rings (SSSR count). The summed E-state index contributed by atoms with van der Waals surface area (Å²) in [5.74, 6) is -0.399. The van der Waals surface area contributed by atoms with Crippen molar-refractivity contribution in [1.29, 1.82) is 0 Å². The molecule has 0 fully saturated rings. The molecule has 1 aromatic carbocycles. The highest BCUT2D eigenvalue weighted by Crippen LogP contribution is 2.24. The summed E-state index contributed by atoms with van der Waals surface area (Å²) in [5.41, 5.74) is 6.74. The van der Waals surface area contributed by atoms with E-state index in [1.165, 1.54) is 4.90 Å². The Morgan fingerprint density at radius 2 is 2.00 bits per heavy atom. The minimum atomic E-state index is -0.612. The van der Waals surface area contributed by atoms with E-state index in [1.807, 2.05) is 13.8 Å². The molecule has 0 saturated carbocycles. The molecule has 0 aromatic heterocycles. The maximum atomic E-state index is 12.1. The Morgan fingerprint density at radius 1 is 1.38 bits per heavy atom. The summed E-state index contributed by atoms with van der Waals surface area (Å²) < 4.78 is 0. The van der Waals surface area contributed by atoms with Crippen molar-refractivity contribution < 1.29 is 9.59 Å². The summed E-state index contributed by atoms with van der Waals surface area (Å²) in [5, 5.41) is 3.06. The van der Waals surface area contributed by atoms with E-state index in [-0.39, 0.29) is 17.7 Å². The average Bonchev–Trinajstić information content (AvgIpc) is 2.46. The van der Waals surface area contributed by atoms with Crippen LogP contribution < -0.4 is 11.1 Å². The second kappa shape index (κ2) is 7.43. The Hall–Kier alpha value is -1.59. The van der Waals surface area contributed by atoms with Crippen molar-refractivity contribution in [2.45, 2.75) is 26.3 Å². The van der Waals surface area contributed by atoms with Crippen LogP contribution in [0.4, 0.5) is 5.69 Å². The molecular formula is C15H22ClN3O2. The molecule has 0 spiro atoms. The molecule has 3 N–H and O–H groups in total. The minimum Gasteiger partial charge on any atom is -0.345 e. The van der Waals surface area contributed by atoms with Crippen LogP contribution in [0, 0.1) is 5.92 Å². The fourth-order valence-corrected chi connectivity index (χ4v) is 1.91. The summed E-state index contributed by atoms with van der Waals surface area (Å²) in [4.78, 5) is 25.5. The van der Waals surface area contributed by atoms with Crippen LogP contribution >= 0.6 is 11.6 Å². The second-order valence-corrected chi connectivity index (χ2v) is 5.70. The van der Waals surface area contributed by atoms with Crippen LogP contribution in [0.1, 0.15) is 30.6 Å². The molecule has 0 saturated heterocycles. The number of hydrogen-bond donors (Lipinski definition) is 2. The van der Waals surface area contributed by atoms with Crippen LogP contribution in [0.15, 0.2) is 18.2 Å². The van der Waals surface area contributed by atoms with Crippen LogP contribution in [0.2, 0.25) is 5.02 Å². The SMILES string of the molecule is CC[C@H](C)[C@H](N)C(=O)Nc1cc(C(=O)N(C)C)ccc1Cl. The number of benzene rings is 1. The van der Waals surface area contributed by atoms with Crippen molar-refractivity contribution in [2.24, 2.45) is 11.7 Å². The molecule has 2 amide bonds. The van der Waals surface area contributed by atoms with Gasteiger partial charge in [0.25, 0.3) is 5.91 Å². The summed E-state index contributed by atoms with van der Waals surface area (Å²) >= 11 is 6.06. The van der Waals surface area contributed by atoms with Gasteiger partial charge in [0, 0.05) is 19.7 Å². The maximum absolute atomic E-state index is 12.1. The third-order valence-electron chi connectivity index (χ3n) is 3.44. The fourth-order valence-electron chi connectivity index (χ4n) is 1.74. The smallest absolute Gasteiger partial charge is 0.253 e. The Kier molecular flexibility index (Phi) is 6.18. The summed E-state index contributed by atoms with van der Waals surface area (Å²) in [6.07, 6.45) is 0.807. The second-order valence-electron chi connectivity index (χ2n) is 5.29. The quantitative estimate of drug-likeness (QED) is 0.876. The predicted octanol–water partition coefficient (Wildman–Crippen LogP) is 2.35. The zero-order valence-corrected chi connectivity index (χ0v) is 13.6. The maximum Gasteiger partial charge on any atom is 0.253 e. The molecule has 1 aromatic rings. The monoisotopic (exact) mass is 311 g/mol. The number of halogens is 1. The van der Waals surface area contributed by atoms with E-state index in [2.05, 4.69) is 5.32 Å². The molecule has 0 heterocycles. The number of carbonyl (C=O) groups is 2. The third-order valence-corrected chi connectivity index (χ3v) is 3.77. The van der Waals surface area contributed by atoms with Gasteiger partial charge in [0.05, 0.1) is 16.8 Å². The van der Waals surface area contributed by atoms with E-state index >= 15 is 0 Å². The van der Waals surface area contributed by atoms with E-state index in [9.17, 15) is 9.59 Å². The van der Waals surface area contributed by atoms with Gasteiger partial charge < -0.3 is 16.0 Å². The molecule has 0 bridgehead atoms. The van der Waals surface area contributed by atoms with Crippen molar-refractivity contribution in [3.8, 4) is 0 Å². The van der Waals surface area contributed by atoms with Crippen LogP contribution in [-0.2, 0) is 4.79 Å². The lowest BCUT2D eigenvalue weighted by molar-refractivity contribution is -0.118. The van der Waals surface area contributed by atoms with E-state index in [4.69, 9.17) is 17.3 Å². The van der Waals surface area contributed by atoms with Crippen LogP contribution in [0.3, 0.4) is 0 Å². The predicted molar refractivity (Wildman–Crippen MR) is 85.5 cm³/mol. The lowest BCUT2D eigenvalue weighted by Crippen LogP contribution is -2.40. The highest BCUT2D eigenvalue weighted by molar-refractivity contribution is 6.34. The highest BCUT2D eigenvalue weighted by Gasteiger charge is 2.20. The highest BCUT2D eigenvalue weighted by atomic mass is 35.5. The molecule has 0 aliphatic heterocycles. The normalized spacial score (nSPS) is 13.4. The molecule has 6 heteroatoms. The Bertz CT molecular complexity index is 532. The zero-order valence-electron chi connectivity index (χ0n) is 12.8. The van der Waals surface area contributed by atoms with E-state index in [0.29, 0.717) is 16.3 Å². The number of hydrogen-bond acceptors (Lipinski definition) is 3. The molecule has 0 aliphatic carbocycles. The van der Waals surface area contributed by atoms with Gasteiger partial charge in [-0.2, -0.15) is 0 Å². The van der Waals surface area contributed by atoms with Gasteiger partial charge in [-0.05, 0) is 24.1 Å². The molecule has 2 atom stereocenters. The van der Waals surface area contributed by atoms with Crippen molar-refractivity contribution in [1.82, 2.24) is 4.90 Å². The average molecular weight is 312 g/mol. The standard InChI is InChI=1S/C15H22ClN3O2/c1-5-9(2)13(17)14(20)18-12-8-10(6-7-11(12)16)15(21)19(3)4/h6-9,13H,5,17H2,1-4H3,(H,18,20)/t9-,13-/m0/s1. The first-order chi connectivity index (χ1) is 9.77. The van der Waals surface area contributed by atoms with Crippen LogP contribution in [-0.4, -0.2) is 36.9 Å². The number of rotatable bonds is 5. The molecular weight excluding hydrogens is 290 g/mol. The van der Waals surface area contributed by atoms with Gasteiger partial charge in [0.2, 0.25) is 5.91 Å². The third kappa shape index (κ3) is 4.44. The number of nitrogens with zero attached hydrogens (tertiary/aromatic N) is 1.